The van der Waals surface area contributed by atoms with Crippen molar-refractivity contribution in [2.24, 2.45) is 0 Å². The van der Waals surface area contributed by atoms with E-state index in [1.807, 2.05) is 35.2 Å². The first kappa shape index (κ1) is 18.7. The number of rotatable bonds is 5. The third-order valence-corrected chi connectivity index (χ3v) is 4.98. The molecule has 26 heavy (non-hydrogen) atoms. The quantitative estimate of drug-likeness (QED) is 0.835. The lowest BCUT2D eigenvalue weighted by Crippen LogP contribution is -2.52. The van der Waals surface area contributed by atoms with Crippen molar-refractivity contribution in [1.82, 2.24) is 15.1 Å². The number of piperidine rings is 1. The van der Waals surface area contributed by atoms with Gasteiger partial charge in [0.1, 0.15) is 0 Å². The number of likely N-dealkylation sites (tertiary alicyclic amines) is 1. The maximum Gasteiger partial charge on any atom is 0.319 e. The lowest BCUT2D eigenvalue weighted by atomic mass is 10.0. The van der Waals surface area contributed by atoms with E-state index in [4.69, 9.17) is 4.74 Å². The molecule has 0 aromatic heterocycles. The number of ether oxygens (including phenoxy) is 1. The van der Waals surface area contributed by atoms with Crippen LogP contribution in [0.25, 0.3) is 0 Å². The van der Waals surface area contributed by atoms with Gasteiger partial charge in [-0.15, -0.1) is 0 Å². The van der Waals surface area contributed by atoms with Crippen LogP contribution >= 0.6 is 0 Å². The summed E-state index contributed by atoms with van der Waals surface area (Å²) in [4.78, 5) is 28.7. The molecule has 2 saturated heterocycles. The number of carbonyl (C=O) groups excluding carboxylic acids is 2. The van der Waals surface area contributed by atoms with E-state index in [0.29, 0.717) is 39.4 Å². The van der Waals surface area contributed by atoms with E-state index in [-0.39, 0.29) is 18.0 Å². The van der Waals surface area contributed by atoms with Crippen LogP contribution in [0.5, 0.6) is 0 Å². The fourth-order valence-corrected chi connectivity index (χ4v) is 3.49. The summed E-state index contributed by atoms with van der Waals surface area (Å²) < 4.78 is 5.31. The molecule has 1 aromatic carbocycles. The molecule has 2 heterocycles. The fourth-order valence-electron chi connectivity index (χ4n) is 3.49. The van der Waals surface area contributed by atoms with Crippen molar-refractivity contribution >= 4 is 17.6 Å². The Hall–Kier alpha value is -2.12. The molecule has 1 unspecified atom stereocenters. The van der Waals surface area contributed by atoms with Crippen LogP contribution in [0, 0.1) is 0 Å². The number of benzene rings is 1. The van der Waals surface area contributed by atoms with Crippen LogP contribution in [-0.4, -0.2) is 73.7 Å². The number of urea groups is 1. The Bertz CT molecular complexity index is 590. The van der Waals surface area contributed by atoms with Gasteiger partial charge >= 0.3 is 6.03 Å². The number of nitrogens with one attached hydrogen (secondary N) is 2. The van der Waals surface area contributed by atoms with Crippen LogP contribution in [-0.2, 0) is 9.53 Å². The lowest BCUT2D eigenvalue weighted by Gasteiger charge is -2.37. The maximum atomic E-state index is 12.5. The number of amides is 3. The summed E-state index contributed by atoms with van der Waals surface area (Å²) in [5.74, 6) is 0.161. The molecular formula is C19H28N4O3. The number of anilines is 1. The van der Waals surface area contributed by atoms with E-state index in [2.05, 4.69) is 15.5 Å². The van der Waals surface area contributed by atoms with Crippen molar-refractivity contribution in [3.8, 4) is 0 Å². The number of morpholine rings is 1. The Kier molecular flexibility index (Phi) is 6.85. The first-order valence-corrected chi connectivity index (χ1v) is 9.42. The van der Waals surface area contributed by atoms with Crippen LogP contribution in [0.15, 0.2) is 30.3 Å². The summed E-state index contributed by atoms with van der Waals surface area (Å²) in [7, 11) is 0. The van der Waals surface area contributed by atoms with Crippen molar-refractivity contribution in [3.05, 3.63) is 30.3 Å². The molecule has 0 bridgehead atoms. The summed E-state index contributed by atoms with van der Waals surface area (Å²) in [6.45, 7) is 4.47. The molecule has 1 aromatic rings. The first-order chi connectivity index (χ1) is 12.7. The minimum absolute atomic E-state index is 0.161. The first-order valence-electron chi connectivity index (χ1n) is 9.42. The highest BCUT2D eigenvalue weighted by Crippen LogP contribution is 2.17. The molecule has 7 heteroatoms. The Morgan fingerprint density at radius 2 is 1.85 bits per heavy atom. The zero-order chi connectivity index (χ0) is 18.2. The molecule has 0 aliphatic carbocycles. The van der Waals surface area contributed by atoms with Crippen LogP contribution in [0.3, 0.4) is 0 Å². The van der Waals surface area contributed by atoms with Crippen LogP contribution in [0.1, 0.15) is 19.3 Å². The van der Waals surface area contributed by atoms with Crippen molar-refractivity contribution in [3.63, 3.8) is 0 Å². The predicted octanol–water partition coefficient (Wildman–Crippen LogP) is 1.52. The molecule has 0 radical (unpaired) electrons. The zero-order valence-electron chi connectivity index (χ0n) is 15.2. The molecular weight excluding hydrogens is 332 g/mol. The largest absolute Gasteiger partial charge is 0.378 e. The Morgan fingerprint density at radius 3 is 2.62 bits per heavy atom. The number of hydrogen-bond acceptors (Lipinski definition) is 4. The summed E-state index contributed by atoms with van der Waals surface area (Å²) in [6.07, 6.45) is 3.24. The zero-order valence-corrected chi connectivity index (χ0v) is 15.2. The van der Waals surface area contributed by atoms with Gasteiger partial charge in [-0.05, 0) is 31.5 Å². The molecule has 2 aliphatic rings. The van der Waals surface area contributed by atoms with E-state index in [0.717, 1.165) is 31.5 Å². The normalized spacial score (nSPS) is 21.2. The minimum Gasteiger partial charge on any atom is -0.378 e. The van der Waals surface area contributed by atoms with Crippen molar-refractivity contribution in [2.75, 3.05) is 51.3 Å². The molecule has 7 nitrogen and oxygen atoms in total. The summed E-state index contributed by atoms with van der Waals surface area (Å²) in [6, 6.07) is 9.39. The third kappa shape index (κ3) is 5.44. The van der Waals surface area contributed by atoms with Crippen LogP contribution in [0.2, 0.25) is 0 Å². The molecule has 0 spiro atoms. The smallest absolute Gasteiger partial charge is 0.319 e. The van der Waals surface area contributed by atoms with Crippen molar-refractivity contribution in [1.29, 1.82) is 0 Å². The van der Waals surface area contributed by atoms with Gasteiger partial charge in [0.25, 0.3) is 0 Å². The molecule has 2 N–H and O–H groups in total. The van der Waals surface area contributed by atoms with Crippen LogP contribution in [0.4, 0.5) is 10.5 Å². The van der Waals surface area contributed by atoms with Gasteiger partial charge in [0.15, 0.2) is 0 Å². The molecule has 1 atom stereocenters. The number of para-hydroxylation sites is 1. The topological polar surface area (TPSA) is 73.9 Å². The summed E-state index contributed by atoms with van der Waals surface area (Å²) in [5, 5.41) is 5.78. The minimum atomic E-state index is -0.207. The Balaban J connectivity index is 1.47. The van der Waals surface area contributed by atoms with Gasteiger partial charge in [-0.2, -0.15) is 0 Å². The van der Waals surface area contributed by atoms with Gasteiger partial charge in [0.05, 0.1) is 19.8 Å². The molecule has 2 aliphatic heterocycles. The van der Waals surface area contributed by atoms with Gasteiger partial charge < -0.3 is 20.3 Å². The summed E-state index contributed by atoms with van der Waals surface area (Å²) in [5.41, 5.74) is 0.771. The van der Waals surface area contributed by atoms with Gasteiger partial charge in [-0.25, -0.2) is 4.79 Å². The monoisotopic (exact) mass is 360 g/mol. The van der Waals surface area contributed by atoms with Gasteiger partial charge in [0, 0.05) is 31.4 Å². The van der Waals surface area contributed by atoms with Gasteiger partial charge in [0.2, 0.25) is 5.91 Å². The van der Waals surface area contributed by atoms with Gasteiger partial charge in [-0.3, -0.25) is 9.69 Å². The van der Waals surface area contributed by atoms with E-state index in [1.165, 1.54) is 0 Å². The fraction of sp³-hybridized carbons (Fsp3) is 0.579. The number of carbonyl (C=O) groups is 2. The SMILES string of the molecule is O=C(NCC1CCCCN1CC(=O)N1CCOCC1)Nc1ccccc1. The van der Waals surface area contributed by atoms with Gasteiger partial charge in [-0.1, -0.05) is 24.6 Å². The second kappa shape index (κ2) is 9.54. The number of hydrogen-bond donors (Lipinski definition) is 2. The Labute approximate surface area is 154 Å². The molecule has 3 rings (SSSR count). The maximum absolute atomic E-state index is 12.5. The highest BCUT2D eigenvalue weighted by molar-refractivity contribution is 5.89. The van der Waals surface area contributed by atoms with Crippen LogP contribution < -0.4 is 10.6 Å². The molecule has 142 valence electrons. The molecule has 2 fully saturated rings. The highest BCUT2D eigenvalue weighted by Gasteiger charge is 2.27. The average Bonchev–Trinajstić information content (AvgIpc) is 2.69. The molecule has 0 saturated carbocycles. The average molecular weight is 360 g/mol. The number of nitrogens with zero attached hydrogens (tertiary/aromatic N) is 2. The standard InChI is InChI=1S/C19H28N4O3/c24-18(22-10-12-26-13-11-22)15-23-9-5-4-8-17(23)14-20-19(25)21-16-6-2-1-3-7-16/h1-3,6-7,17H,4-5,8-15H2,(H2,20,21,25). The van der Waals surface area contributed by atoms with Crippen molar-refractivity contribution in [2.45, 2.75) is 25.3 Å². The second-order valence-corrected chi connectivity index (χ2v) is 6.81. The third-order valence-electron chi connectivity index (χ3n) is 4.98. The van der Waals surface area contributed by atoms with E-state index in [1.54, 1.807) is 0 Å². The summed E-state index contributed by atoms with van der Waals surface area (Å²) >= 11 is 0. The van der Waals surface area contributed by atoms with E-state index >= 15 is 0 Å². The Morgan fingerprint density at radius 1 is 1.08 bits per heavy atom. The molecule has 3 amide bonds. The van der Waals surface area contributed by atoms with Crippen molar-refractivity contribution < 1.29 is 14.3 Å². The highest BCUT2D eigenvalue weighted by atomic mass is 16.5. The predicted molar refractivity (Wildman–Crippen MR) is 100 cm³/mol. The lowest BCUT2D eigenvalue weighted by molar-refractivity contribution is -0.137. The second-order valence-electron chi connectivity index (χ2n) is 6.81. The van der Waals surface area contributed by atoms with E-state index in [9.17, 15) is 9.59 Å². The van der Waals surface area contributed by atoms with E-state index < -0.39 is 0 Å².